The molecule has 222 valence electrons. The van der Waals surface area contributed by atoms with Crippen molar-refractivity contribution < 1.29 is 14.3 Å². The number of aromatic nitrogens is 6. The van der Waals surface area contributed by atoms with E-state index in [1.807, 2.05) is 48.7 Å². The molecule has 0 N–H and O–H groups in total. The lowest BCUT2D eigenvalue weighted by molar-refractivity contribution is 0.0981. The Bertz CT molecular complexity index is 1920. The van der Waals surface area contributed by atoms with E-state index >= 15 is 0 Å². The lowest BCUT2D eigenvalue weighted by atomic mass is 10.00. The average Bonchev–Trinajstić information content (AvgIpc) is 3.40. The van der Waals surface area contributed by atoms with E-state index in [9.17, 15) is 4.79 Å². The second kappa shape index (κ2) is 10.7. The summed E-state index contributed by atoms with van der Waals surface area (Å²) in [5.41, 5.74) is 4.37. The number of carbonyl (C=O) groups excluding carboxylic acids is 1. The number of rotatable bonds is 4. The maximum atomic E-state index is 13.7. The molecular formula is C32H31N9O3. The summed E-state index contributed by atoms with van der Waals surface area (Å²) in [6.07, 6.45) is 3.60. The Kier molecular flexibility index (Phi) is 6.53. The Morgan fingerprint density at radius 3 is 2.00 bits per heavy atom. The van der Waals surface area contributed by atoms with Crippen LogP contribution in [0.1, 0.15) is 29.8 Å². The van der Waals surface area contributed by atoms with Gasteiger partial charge in [0, 0.05) is 47.4 Å². The van der Waals surface area contributed by atoms with Gasteiger partial charge in [0.2, 0.25) is 11.9 Å². The highest BCUT2D eigenvalue weighted by Gasteiger charge is 2.32. The zero-order chi connectivity index (χ0) is 29.8. The third-order valence-corrected chi connectivity index (χ3v) is 8.62. The molecule has 0 spiro atoms. The predicted molar refractivity (Wildman–Crippen MR) is 166 cm³/mol. The molecule has 0 saturated carbocycles. The lowest BCUT2D eigenvalue weighted by Gasteiger charge is -2.33. The molecule has 3 aliphatic heterocycles. The molecule has 12 nitrogen and oxygen atoms in total. The van der Waals surface area contributed by atoms with Crippen LogP contribution in [0.3, 0.4) is 0 Å². The van der Waals surface area contributed by atoms with Crippen LogP contribution in [0.2, 0.25) is 0 Å². The van der Waals surface area contributed by atoms with Crippen molar-refractivity contribution >= 4 is 45.7 Å². The number of nitrogens with zero attached hydrogens (tertiary/aromatic N) is 9. The highest BCUT2D eigenvalue weighted by Crippen LogP contribution is 2.35. The van der Waals surface area contributed by atoms with Crippen molar-refractivity contribution in [1.29, 1.82) is 0 Å². The van der Waals surface area contributed by atoms with Crippen LogP contribution in [-0.4, -0.2) is 87.4 Å². The number of anilines is 3. The van der Waals surface area contributed by atoms with Crippen molar-refractivity contribution in [3.05, 3.63) is 66.0 Å². The predicted octanol–water partition coefficient (Wildman–Crippen LogP) is 3.64. The number of hydrogen-bond acceptors (Lipinski definition) is 11. The number of ether oxygens (including phenoxy) is 2. The Balaban J connectivity index is 1.12. The topological polar surface area (TPSA) is 123 Å². The number of benzene rings is 1. The Hall–Kier alpha value is -4.81. The molecule has 2 fully saturated rings. The van der Waals surface area contributed by atoms with Gasteiger partial charge in [-0.15, -0.1) is 0 Å². The number of pyridine rings is 2. The fraction of sp³-hybridized carbons (Fsp3) is 0.344. The monoisotopic (exact) mass is 589 g/mol. The second-order valence-electron chi connectivity index (χ2n) is 11.5. The molecule has 2 unspecified atom stereocenters. The quantitative estimate of drug-likeness (QED) is 0.305. The van der Waals surface area contributed by atoms with E-state index in [-0.39, 0.29) is 18.0 Å². The molecule has 3 aliphatic rings. The molecule has 8 rings (SSSR count). The van der Waals surface area contributed by atoms with Crippen LogP contribution in [0.4, 0.5) is 17.7 Å². The van der Waals surface area contributed by atoms with Gasteiger partial charge in [0.05, 0.1) is 50.7 Å². The summed E-state index contributed by atoms with van der Waals surface area (Å²) >= 11 is 0. The summed E-state index contributed by atoms with van der Waals surface area (Å²) in [5, 5.41) is 1.67. The molecule has 1 amide bonds. The molecule has 5 aromatic rings. The van der Waals surface area contributed by atoms with Crippen molar-refractivity contribution in [3.8, 4) is 11.3 Å². The van der Waals surface area contributed by atoms with Crippen molar-refractivity contribution in [2.75, 3.05) is 54.2 Å². The summed E-state index contributed by atoms with van der Waals surface area (Å²) in [5.74, 6) is 1.72. The summed E-state index contributed by atoms with van der Waals surface area (Å²) in [7, 11) is 0. The molecule has 4 aromatic heterocycles. The highest BCUT2D eigenvalue weighted by atomic mass is 16.5. The zero-order valence-corrected chi connectivity index (χ0v) is 24.6. The van der Waals surface area contributed by atoms with Crippen molar-refractivity contribution in [2.24, 2.45) is 0 Å². The van der Waals surface area contributed by atoms with Gasteiger partial charge in [-0.05, 0) is 49.7 Å². The van der Waals surface area contributed by atoms with Gasteiger partial charge in [0.15, 0.2) is 11.3 Å². The van der Waals surface area contributed by atoms with Crippen LogP contribution < -0.4 is 14.7 Å². The fourth-order valence-corrected chi connectivity index (χ4v) is 6.17. The van der Waals surface area contributed by atoms with Gasteiger partial charge in [-0.2, -0.15) is 9.97 Å². The lowest BCUT2D eigenvalue weighted by Crippen LogP contribution is -2.44. The van der Waals surface area contributed by atoms with Gasteiger partial charge in [0.1, 0.15) is 5.82 Å². The largest absolute Gasteiger partial charge is 0.377 e. The van der Waals surface area contributed by atoms with E-state index in [1.54, 1.807) is 11.1 Å². The third kappa shape index (κ3) is 4.57. The molecule has 0 aliphatic carbocycles. The van der Waals surface area contributed by atoms with E-state index in [4.69, 9.17) is 29.4 Å². The number of fused-ring (bicyclic) bond motifs is 3. The van der Waals surface area contributed by atoms with Gasteiger partial charge >= 0.3 is 0 Å². The Labute approximate surface area is 253 Å². The van der Waals surface area contributed by atoms with E-state index in [0.29, 0.717) is 67.5 Å². The molecular weight excluding hydrogens is 558 g/mol. The van der Waals surface area contributed by atoms with Gasteiger partial charge in [-0.25, -0.2) is 19.9 Å². The van der Waals surface area contributed by atoms with E-state index in [0.717, 1.165) is 40.7 Å². The minimum Gasteiger partial charge on any atom is -0.377 e. The zero-order valence-electron chi connectivity index (χ0n) is 24.6. The van der Waals surface area contributed by atoms with Crippen LogP contribution in [0.15, 0.2) is 54.9 Å². The molecule has 0 radical (unpaired) electrons. The van der Waals surface area contributed by atoms with Crippen molar-refractivity contribution in [2.45, 2.75) is 32.5 Å². The SMILES string of the molecule is CC1COCCN1c1ncc2ccc(-c3cccc4c3CN(c3ccc5cnc(N6CCOCC6C)nc5n3)C4=O)nc2n1. The maximum absolute atomic E-state index is 13.7. The minimum atomic E-state index is -0.100. The number of hydrogen-bond donors (Lipinski definition) is 0. The maximum Gasteiger partial charge on any atom is 0.260 e. The van der Waals surface area contributed by atoms with Crippen LogP contribution in [-0.2, 0) is 16.0 Å². The minimum absolute atomic E-state index is 0.100. The molecule has 12 heteroatoms. The van der Waals surface area contributed by atoms with E-state index in [1.165, 1.54) is 0 Å². The van der Waals surface area contributed by atoms with Crippen LogP contribution >= 0.6 is 0 Å². The van der Waals surface area contributed by atoms with Gasteiger partial charge in [-0.1, -0.05) is 12.1 Å². The standard InChI is InChI=1S/C32H31N9O3/c1-19-17-43-12-10-39(19)31-33-14-21-6-8-26(35-28(21)37-31)23-4-3-5-24-25(23)16-41(30(24)42)27-9-7-22-15-34-32(38-29(22)36-27)40-11-13-44-18-20(40)2/h3-9,14-15,19-20H,10-13,16-18H2,1-2H3. The van der Waals surface area contributed by atoms with Crippen molar-refractivity contribution in [1.82, 2.24) is 29.9 Å². The summed E-state index contributed by atoms with van der Waals surface area (Å²) in [6.45, 7) is 8.58. The Morgan fingerprint density at radius 2 is 1.34 bits per heavy atom. The average molecular weight is 590 g/mol. The summed E-state index contributed by atoms with van der Waals surface area (Å²) in [4.78, 5) is 48.2. The molecule has 7 heterocycles. The summed E-state index contributed by atoms with van der Waals surface area (Å²) < 4.78 is 11.2. The fourth-order valence-electron chi connectivity index (χ4n) is 6.17. The molecule has 1 aromatic carbocycles. The highest BCUT2D eigenvalue weighted by molar-refractivity contribution is 6.11. The molecule has 2 saturated heterocycles. The number of morpholine rings is 2. The molecule has 44 heavy (non-hydrogen) atoms. The summed E-state index contributed by atoms with van der Waals surface area (Å²) in [6, 6.07) is 13.8. The Morgan fingerprint density at radius 1 is 0.727 bits per heavy atom. The molecule has 0 bridgehead atoms. The first kappa shape index (κ1) is 26.8. The first-order valence-electron chi connectivity index (χ1n) is 14.9. The smallest absolute Gasteiger partial charge is 0.260 e. The third-order valence-electron chi connectivity index (χ3n) is 8.62. The number of carbonyl (C=O) groups is 1. The van der Waals surface area contributed by atoms with Gasteiger partial charge in [0.25, 0.3) is 5.91 Å². The first-order chi connectivity index (χ1) is 21.5. The van der Waals surface area contributed by atoms with Crippen molar-refractivity contribution in [3.63, 3.8) is 0 Å². The van der Waals surface area contributed by atoms with E-state index < -0.39 is 0 Å². The normalized spacial score (nSPS) is 20.5. The van der Waals surface area contributed by atoms with Gasteiger partial charge < -0.3 is 19.3 Å². The first-order valence-corrected chi connectivity index (χ1v) is 14.9. The second-order valence-corrected chi connectivity index (χ2v) is 11.5. The van der Waals surface area contributed by atoms with Crippen LogP contribution in [0.5, 0.6) is 0 Å². The van der Waals surface area contributed by atoms with E-state index in [2.05, 4.69) is 33.6 Å². The molecule has 2 atom stereocenters. The van der Waals surface area contributed by atoms with Crippen LogP contribution in [0, 0.1) is 0 Å². The number of amides is 1. The van der Waals surface area contributed by atoms with Crippen LogP contribution in [0.25, 0.3) is 33.3 Å². The van der Waals surface area contributed by atoms with Gasteiger partial charge in [-0.3, -0.25) is 9.69 Å².